The van der Waals surface area contributed by atoms with Crippen LogP contribution in [0.3, 0.4) is 0 Å². The first-order valence-corrected chi connectivity index (χ1v) is 8.54. The molecular formula is C20H20N4O2. The van der Waals surface area contributed by atoms with Crippen molar-refractivity contribution in [2.24, 2.45) is 0 Å². The van der Waals surface area contributed by atoms with Gasteiger partial charge in [0.2, 0.25) is 0 Å². The van der Waals surface area contributed by atoms with Crippen LogP contribution in [-0.4, -0.2) is 41.3 Å². The lowest BCUT2D eigenvalue weighted by atomic mass is 10.1. The molecule has 1 fully saturated rings. The molecule has 132 valence electrons. The Bertz CT molecular complexity index is 893. The molecule has 0 saturated carbocycles. The first-order valence-electron chi connectivity index (χ1n) is 8.54. The Hall–Kier alpha value is -3.28. The van der Waals surface area contributed by atoms with E-state index in [1.807, 2.05) is 59.6 Å². The molecule has 1 aromatic heterocycles. The number of benzene rings is 2. The number of hydrogen-bond acceptors (Lipinski definition) is 3. The number of amides is 2. The van der Waals surface area contributed by atoms with Crippen molar-refractivity contribution in [3.05, 3.63) is 66.5 Å². The van der Waals surface area contributed by atoms with E-state index in [0.717, 1.165) is 22.4 Å². The van der Waals surface area contributed by atoms with Crippen molar-refractivity contribution in [3.8, 4) is 16.9 Å². The highest BCUT2D eigenvalue weighted by Crippen LogP contribution is 2.35. The van der Waals surface area contributed by atoms with Crippen molar-refractivity contribution in [1.82, 2.24) is 15.1 Å². The number of H-pyrrole nitrogens is 1. The fourth-order valence-electron chi connectivity index (χ4n) is 3.25. The predicted octanol–water partition coefficient (Wildman–Crippen LogP) is 3.53. The molecule has 1 aliphatic rings. The molecule has 2 amide bonds. The third-order valence-corrected chi connectivity index (χ3v) is 4.61. The summed E-state index contributed by atoms with van der Waals surface area (Å²) in [6.07, 6.45) is 3.59. The van der Waals surface area contributed by atoms with Crippen LogP contribution in [0.15, 0.2) is 60.9 Å². The maximum atomic E-state index is 12.9. The van der Waals surface area contributed by atoms with Crippen LogP contribution >= 0.6 is 0 Å². The van der Waals surface area contributed by atoms with Gasteiger partial charge in [-0.15, -0.1) is 0 Å². The lowest BCUT2D eigenvalue weighted by molar-refractivity contribution is 0.218. The Morgan fingerprint density at radius 2 is 1.96 bits per heavy atom. The first kappa shape index (κ1) is 16.2. The fourth-order valence-corrected chi connectivity index (χ4v) is 3.25. The Labute approximate surface area is 152 Å². The molecule has 0 atom stereocenters. The normalized spacial score (nSPS) is 14.1. The van der Waals surface area contributed by atoms with E-state index in [9.17, 15) is 4.79 Å². The molecule has 0 aliphatic carbocycles. The second-order valence-electron chi connectivity index (χ2n) is 6.21. The summed E-state index contributed by atoms with van der Waals surface area (Å²) >= 11 is 0. The highest BCUT2D eigenvalue weighted by molar-refractivity contribution is 5.96. The third-order valence-electron chi connectivity index (χ3n) is 4.61. The summed E-state index contributed by atoms with van der Waals surface area (Å²) in [5.41, 5.74) is 3.89. The number of aromatic amines is 1. The van der Waals surface area contributed by atoms with Gasteiger partial charge in [-0.3, -0.25) is 10.00 Å². The van der Waals surface area contributed by atoms with Gasteiger partial charge < -0.3 is 9.64 Å². The van der Waals surface area contributed by atoms with E-state index in [4.69, 9.17) is 4.74 Å². The standard InChI is InChI=1S/C20H20N4O2/c1-26-19-11-16(17-12-21-22-13-17)7-8-18(19)24-10-9-23(20(24)25)14-15-5-3-2-4-6-15/h2-8,11-13H,9-10,14H2,1H3,(H,21,22). The Morgan fingerprint density at radius 1 is 1.12 bits per heavy atom. The van der Waals surface area contributed by atoms with Gasteiger partial charge in [-0.25, -0.2) is 4.79 Å². The van der Waals surface area contributed by atoms with Crippen molar-refractivity contribution in [2.45, 2.75) is 6.54 Å². The summed E-state index contributed by atoms with van der Waals surface area (Å²) in [6, 6.07) is 15.9. The predicted molar refractivity (Wildman–Crippen MR) is 100 cm³/mol. The van der Waals surface area contributed by atoms with E-state index in [0.29, 0.717) is 25.4 Å². The summed E-state index contributed by atoms with van der Waals surface area (Å²) in [6.45, 7) is 1.96. The zero-order chi connectivity index (χ0) is 17.9. The van der Waals surface area contributed by atoms with Crippen LogP contribution in [0.2, 0.25) is 0 Å². The van der Waals surface area contributed by atoms with Crippen LogP contribution in [0.4, 0.5) is 10.5 Å². The van der Waals surface area contributed by atoms with Gasteiger partial charge in [0.25, 0.3) is 0 Å². The summed E-state index contributed by atoms with van der Waals surface area (Å²) in [7, 11) is 1.63. The average molecular weight is 348 g/mol. The quantitative estimate of drug-likeness (QED) is 0.767. The van der Waals surface area contributed by atoms with Gasteiger partial charge >= 0.3 is 6.03 Å². The van der Waals surface area contributed by atoms with Crippen LogP contribution in [0.25, 0.3) is 11.1 Å². The number of aromatic nitrogens is 2. The maximum Gasteiger partial charge on any atom is 0.325 e. The highest BCUT2D eigenvalue weighted by Gasteiger charge is 2.31. The lowest BCUT2D eigenvalue weighted by Crippen LogP contribution is -2.31. The van der Waals surface area contributed by atoms with E-state index in [1.54, 1.807) is 18.2 Å². The largest absolute Gasteiger partial charge is 0.495 e. The topological polar surface area (TPSA) is 61.5 Å². The minimum Gasteiger partial charge on any atom is -0.495 e. The number of nitrogens with zero attached hydrogens (tertiary/aromatic N) is 3. The van der Waals surface area contributed by atoms with E-state index < -0.39 is 0 Å². The SMILES string of the molecule is COc1cc(-c2cn[nH]c2)ccc1N1CCN(Cc2ccccc2)C1=O. The number of anilines is 1. The molecule has 26 heavy (non-hydrogen) atoms. The monoisotopic (exact) mass is 348 g/mol. The molecule has 0 spiro atoms. The van der Waals surface area contributed by atoms with Crippen molar-refractivity contribution >= 4 is 11.7 Å². The summed E-state index contributed by atoms with van der Waals surface area (Å²) in [5.74, 6) is 0.679. The van der Waals surface area contributed by atoms with Gasteiger partial charge in [0.1, 0.15) is 5.75 Å². The summed E-state index contributed by atoms with van der Waals surface area (Å²) in [4.78, 5) is 16.5. The molecule has 2 heterocycles. The number of carbonyl (C=O) groups excluding carboxylic acids is 1. The molecule has 3 aromatic rings. The Morgan fingerprint density at radius 3 is 2.69 bits per heavy atom. The molecule has 1 aliphatic heterocycles. The number of urea groups is 1. The Kier molecular flexibility index (Phi) is 4.31. The van der Waals surface area contributed by atoms with Crippen LogP contribution in [0.1, 0.15) is 5.56 Å². The summed E-state index contributed by atoms with van der Waals surface area (Å²) in [5, 5.41) is 6.79. The van der Waals surface area contributed by atoms with Gasteiger partial charge in [-0.1, -0.05) is 36.4 Å². The van der Waals surface area contributed by atoms with Crippen LogP contribution in [0, 0.1) is 0 Å². The molecule has 4 rings (SSSR count). The maximum absolute atomic E-state index is 12.9. The van der Waals surface area contributed by atoms with Crippen molar-refractivity contribution in [1.29, 1.82) is 0 Å². The molecule has 0 bridgehead atoms. The zero-order valence-electron chi connectivity index (χ0n) is 14.6. The fraction of sp³-hybridized carbons (Fsp3) is 0.200. The Balaban J connectivity index is 1.57. The van der Waals surface area contributed by atoms with Gasteiger partial charge in [-0.05, 0) is 23.3 Å². The molecule has 0 unspecified atom stereocenters. The number of ether oxygens (including phenoxy) is 1. The molecule has 6 heteroatoms. The second-order valence-corrected chi connectivity index (χ2v) is 6.21. The minimum atomic E-state index is 0.00298. The average Bonchev–Trinajstić information content (AvgIpc) is 3.33. The number of rotatable bonds is 5. The number of nitrogens with one attached hydrogen (secondary N) is 1. The molecule has 6 nitrogen and oxygen atoms in total. The highest BCUT2D eigenvalue weighted by atomic mass is 16.5. The van der Waals surface area contributed by atoms with Crippen LogP contribution < -0.4 is 9.64 Å². The first-order chi connectivity index (χ1) is 12.8. The van der Waals surface area contributed by atoms with Crippen molar-refractivity contribution in [3.63, 3.8) is 0 Å². The molecular weight excluding hydrogens is 328 g/mol. The second kappa shape index (κ2) is 6.92. The van der Waals surface area contributed by atoms with E-state index in [-0.39, 0.29) is 6.03 Å². The number of carbonyl (C=O) groups is 1. The van der Waals surface area contributed by atoms with E-state index in [1.165, 1.54) is 0 Å². The number of hydrogen-bond donors (Lipinski definition) is 1. The van der Waals surface area contributed by atoms with Gasteiger partial charge in [0.15, 0.2) is 0 Å². The molecule has 1 N–H and O–H groups in total. The molecule has 0 radical (unpaired) electrons. The van der Waals surface area contributed by atoms with Crippen molar-refractivity contribution in [2.75, 3.05) is 25.1 Å². The summed E-state index contributed by atoms with van der Waals surface area (Å²) < 4.78 is 5.56. The third kappa shape index (κ3) is 3.01. The van der Waals surface area contributed by atoms with Gasteiger partial charge in [-0.2, -0.15) is 5.10 Å². The zero-order valence-corrected chi connectivity index (χ0v) is 14.6. The van der Waals surface area contributed by atoms with Crippen LogP contribution in [0.5, 0.6) is 5.75 Å². The van der Waals surface area contributed by atoms with E-state index in [2.05, 4.69) is 10.2 Å². The number of methoxy groups -OCH3 is 1. The smallest absolute Gasteiger partial charge is 0.325 e. The minimum absolute atomic E-state index is 0.00298. The van der Waals surface area contributed by atoms with E-state index >= 15 is 0 Å². The van der Waals surface area contributed by atoms with Gasteiger partial charge in [0, 0.05) is 31.4 Å². The van der Waals surface area contributed by atoms with Gasteiger partial charge in [0.05, 0.1) is 19.0 Å². The molecule has 2 aromatic carbocycles. The van der Waals surface area contributed by atoms with Crippen LogP contribution in [-0.2, 0) is 6.54 Å². The van der Waals surface area contributed by atoms with Crippen molar-refractivity contribution < 1.29 is 9.53 Å². The lowest BCUT2D eigenvalue weighted by Gasteiger charge is -2.21. The molecule has 1 saturated heterocycles.